The fourth-order valence-corrected chi connectivity index (χ4v) is 2.32. The molecule has 17 heavy (non-hydrogen) atoms. The van der Waals surface area contributed by atoms with Crippen LogP contribution in [0.2, 0.25) is 0 Å². The van der Waals surface area contributed by atoms with Crippen LogP contribution in [0.1, 0.15) is 32.0 Å². The maximum atomic E-state index is 4.35. The van der Waals surface area contributed by atoms with E-state index in [1.54, 1.807) is 6.20 Å². The number of nitrogens with one attached hydrogen (secondary N) is 1. The van der Waals surface area contributed by atoms with Crippen LogP contribution in [0.15, 0.2) is 12.4 Å². The van der Waals surface area contributed by atoms with E-state index in [1.165, 1.54) is 19.3 Å². The number of anilines is 1. The Morgan fingerprint density at radius 3 is 2.94 bits per heavy atom. The molecular weight excluding hydrogens is 214 g/mol. The molecule has 5 heteroatoms. The van der Waals surface area contributed by atoms with E-state index in [-0.39, 0.29) is 0 Å². The van der Waals surface area contributed by atoms with Gasteiger partial charge in [0.25, 0.3) is 0 Å². The zero-order valence-electron chi connectivity index (χ0n) is 10.3. The van der Waals surface area contributed by atoms with Gasteiger partial charge in [-0.3, -0.25) is 4.40 Å². The molecule has 1 N–H and O–H groups in total. The van der Waals surface area contributed by atoms with Crippen molar-refractivity contribution >= 4 is 11.5 Å². The van der Waals surface area contributed by atoms with Gasteiger partial charge in [0.2, 0.25) is 5.65 Å². The van der Waals surface area contributed by atoms with Crippen LogP contribution in [-0.4, -0.2) is 26.1 Å². The zero-order valence-corrected chi connectivity index (χ0v) is 10.3. The lowest BCUT2D eigenvalue weighted by Crippen LogP contribution is -2.33. The third kappa shape index (κ3) is 1.75. The summed E-state index contributed by atoms with van der Waals surface area (Å²) < 4.78 is 1.96. The summed E-state index contributed by atoms with van der Waals surface area (Å²) >= 11 is 0. The Morgan fingerprint density at radius 2 is 2.24 bits per heavy atom. The maximum absolute atomic E-state index is 4.35. The van der Waals surface area contributed by atoms with Crippen LogP contribution in [0.5, 0.6) is 0 Å². The van der Waals surface area contributed by atoms with Gasteiger partial charge in [-0.05, 0) is 25.2 Å². The Morgan fingerprint density at radius 1 is 1.41 bits per heavy atom. The molecule has 0 aromatic carbocycles. The van der Waals surface area contributed by atoms with Crippen molar-refractivity contribution in [3.63, 3.8) is 0 Å². The molecule has 2 aromatic heterocycles. The van der Waals surface area contributed by atoms with E-state index in [1.807, 2.05) is 17.5 Å². The minimum absolute atomic E-state index is 0.434. The van der Waals surface area contributed by atoms with Gasteiger partial charge in [-0.25, -0.2) is 4.98 Å². The summed E-state index contributed by atoms with van der Waals surface area (Å²) in [7, 11) is 0. The van der Waals surface area contributed by atoms with E-state index in [0.717, 1.165) is 23.8 Å². The minimum atomic E-state index is 0.434. The smallest absolute Gasteiger partial charge is 0.203 e. The largest absolute Gasteiger partial charge is 0.366 e. The predicted molar refractivity (Wildman–Crippen MR) is 66.0 cm³/mol. The molecule has 1 aliphatic rings. The van der Waals surface area contributed by atoms with Gasteiger partial charge in [-0.1, -0.05) is 13.3 Å². The number of hydrogen-bond acceptors (Lipinski definition) is 4. The molecule has 0 amide bonds. The Kier molecular flexibility index (Phi) is 2.28. The molecule has 0 radical (unpaired) electrons. The molecule has 0 unspecified atom stereocenters. The van der Waals surface area contributed by atoms with Crippen LogP contribution in [0, 0.1) is 12.3 Å². The number of nitrogens with zero attached hydrogens (tertiary/aromatic N) is 4. The van der Waals surface area contributed by atoms with Gasteiger partial charge in [0.15, 0.2) is 5.82 Å². The average Bonchev–Trinajstić information content (AvgIpc) is 2.67. The summed E-state index contributed by atoms with van der Waals surface area (Å²) in [5.41, 5.74) is 1.25. The van der Waals surface area contributed by atoms with Crippen molar-refractivity contribution in [3.8, 4) is 0 Å². The van der Waals surface area contributed by atoms with Gasteiger partial charge in [0.05, 0.1) is 0 Å². The summed E-state index contributed by atoms with van der Waals surface area (Å²) in [5.74, 6) is 1.72. The van der Waals surface area contributed by atoms with Crippen LogP contribution in [0.4, 0.5) is 5.82 Å². The molecule has 0 spiro atoms. The molecule has 1 saturated carbocycles. The van der Waals surface area contributed by atoms with Gasteiger partial charge < -0.3 is 5.32 Å². The van der Waals surface area contributed by atoms with Gasteiger partial charge in [-0.15, -0.1) is 10.2 Å². The highest BCUT2D eigenvalue weighted by atomic mass is 15.3. The summed E-state index contributed by atoms with van der Waals surface area (Å²) in [6.45, 7) is 5.22. The molecular formula is C12H17N5. The van der Waals surface area contributed by atoms with Crippen molar-refractivity contribution in [2.24, 2.45) is 5.41 Å². The van der Waals surface area contributed by atoms with Crippen molar-refractivity contribution in [1.29, 1.82) is 0 Å². The molecule has 0 saturated heterocycles. The number of aromatic nitrogens is 4. The van der Waals surface area contributed by atoms with E-state index in [9.17, 15) is 0 Å². The minimum Gasteiger partial charge on any atom is -0.366 e. The first-order chi connectivity index (χ1) is 8.18. The maximum Gasteiger partial charge on any atom is 0.203 e. The number of rotatable bonds is 3. The van der Waals surface area contributed by atoms with Crippen LogP contribution < -0.4 is 5.32 Å². The van der Waals surface area contributed by atoms with E-state index < -0.39 is 0 Å². The first-order valence-electron chi connectivity index (χ1n) is 6.08. The lowest BCUT2D eigenvalue weighted by molar-refractivity contribution is 0.180. The fraction of sp³-hybridized carbons (Fsp3) is 0.583. The summed E-state index contributed by atoms with van der Waals surface area (Å²) in [4.78, 5) is 4.35. The Hall–Kier alpha value is -1.65. The highest BCUT2D eigenvalue weighted by molar-refractivity contribution is 5.62. The molecule has 5 nitrogen and oxygen atoms in total. The first kappa shape index (κ1) is 10.5. The van der Waals surface area contributed by atoms with Gasteiger partial charge in [-0.2, -0.15) is 0 Å². The molecule has 90 valence electrons. The fourth-order valence-electron chi connectivity index (χ4n) is 2.32. The van der Waals surface area contributed by atoms with E-state index in [0.29, 0.717) is 5.41 Å². The Labute approximate surface area is 100 Å². The lowest BCUT2D eigenvalue weighted by atomic mass is 9.70. The highest BCUT2D eigenvalue weighted by Crippen LogP contribution is 2.40. The molecule has 2 heterocycles. The second kappa shape index (κ2) is 3.68. The summed E-state index contributed by atoms with van der Waals surface area (Å²) in [5, 5.41) is 11.6. The standard InChI is InChI=1S/C12H17N5/c1-9-15-16-11-10(13-6-7-17(9)11)14-8-12(2)4-3-5-12/h6-7H,3-5,8H2,1-2H3,(H,13,14). The third-order valence-electron chi connectivity index (χ3n) is 3.74. The highest BCUT2D eigenvalue weighted by Gasteiger charge is 2.31. The zero-order chi connectivity index (χ0) is 11.9. The van der Waals surface area contributed by atoms with Crippen molar-refractivity contribution < 1.29 is 0 Å². The topological polar surface area (TPSA) is 55.1 Å². The number of fused-ring (bicyclic) bond motifs is 1. The molecule has 3 rings (SSSR count). The molecule has 0 atom stereocenters. The summed E-state index contributed by atoms with van der Waals surface area (Å²) in [6, 6.07) is 0. The summed E-state index contributed by atoms with van der Waals surface area (Å²) in [6.07, 6.45) is 7.62. The van der Waals surface area contributed by atoms with Gasteiger partial charge in [0, 0.05) is 18.9 Å². The molecule has 0 bridgehead atoms. The lowest BCUT2D eigenvalue weighted by Gasteiger charge is -2.38. The van der Waals surface area contributed by atoms with Crippen molar-refractivity contribution in [3.05, 3.63) is 18.2 Å². The average molecular weight is 231 g/mol. The van der Waals surface area contributed by atoms with Crippen molar-refractivity contribution in [1.82, 2.24) is 19.6 Å². The van der Waals surface area contributed by atoms with Gasteiger partial charge >= 0.3 is 0 Å². The van der Waals surface area contributed by atoms with E-state index in [4.69, 9.17) is 0 Å². The van der Waals surface area contributed by atoms with Crippen LogP contribution in [0.25, 0.3) is 5.65 Å². The predicted octanol–water partition coefficient (Wildman–Crippen LogP) is 2.03. The quantitative estimate of drug-likeness (QED) is 0.878. The normalized spacial score (nSPS) is 18.0. The molecule has 1 aliphatic carbocycles. The SMILES string of the molecule is Cc1nnc2c(NCC3(C)CCC3)nccn12. The Balaban J connectivity index is 1.85. The van der Waals surface area contributed by atoms with Crippen LogP contribution >= 0.6 is 0 Å². The molecule has 0 aliphatic heterocycles. The molecule has 1 fully saturated rings. The van der Waals surface area contributed by atoms with E-state index in [2.05, 4.69) is 27.4 Å². The monoisotopic (exact) mass is 231 g/mol. The molecule has 2 aromatic rings. The number of hydrogen-bond donors (Lipinski definition) is 1. The van der Waals surface area contributed by atoms with Crippen molar-refractivity contribution in [2.75, 3.05) is 11.9 Å². The Bertz CT molecular complexity index is 541. The first-order valence-corrected chi connectivity index (χ1v) is 6.08. The van der Waals surface area contributed by atoms with Crippen LogP contribution in [-0.2, 0) is 0 Å². The third-order valence-corrected chi connectivity index (χ3v) is 3.74. The van der Waals surface area contributed by atoms with Crippen LogP contribution in [0.3, 0.4) is 0 Å². The number of aryl methyl sites for hydroxylation is 1. The van der Waals surface area contributed by atoms with E-state index >= 15 is 0 Å². The second-order valence-corrected chi connectivity index (χ2v) is 5.23. The van der Waals surface area contributed by atoms with Gasteiger partial charge in [0.1, 0.15) is 5.82 Å². The van der Waals surface area contributed by atoms with Crippen molar-refractivity contribution in [2.45, 2.75) is 33.1 Å². The second-order valence-electron chi connectivity index (χ2n) is 5.23.